The average Bonchev–Trinajstić information content (AvgIpc) is 3.14. The summed E-state index contributed by atoms with van der Waals surface area (Å²) in [7, 11) is 0. The molecule has 1 aliphatic heterocycles. The fourth-order valence-corrected chi connectivity index (χ4v) is 8.96. The van der Waals surface area contributed by atoms with Crippen LogP contribution in [0.3, 0.4) is 0 Å². The molecule has 5 saturated carbocycles. The lowest BCUT2D eigenvalue weighted by atomic mass is 9.42. The Labute approximate surface area is 175 Å². The van der Waals surface area contributed by atoms with E-state index in [1.54, 1.807) is 0 Å². The first kappa shape index (κ1) is 18.8. The number of hydrogen-bond acceptors (Lipinski definition) is 4. The lowest BCUT2D eigenvalue weighted by molar-refractivity contribution is -0.145. The molecule has 6 rings (SSSR count). The minimum atomic E-state index is 0.00485. The summed E-state index contributed by atoms with van der Waals surface area (Å²) in [5.74, 6) is 3.65. The van der Waals surface area contributed by atoms with E-state index in [-0.39, 0.29) is 11.5 Å². The normalized spacial score (nSPS) is 51.6. The van der Waals surface area contributed by atoms with Gasteiger partial charge in [-0.05, 0) is 98.8 Å². The van der Waals surface area contributed by atoms with Gasteiger partial charge in [0.05, 0.1) is 5.71 Å². The highest BCUT2D eigenvalue weighted by Gasteiger charge is 2.68. The van der Waals surface area contributed by atoms with E-state index in [0.717, 1.165) is 56.5 Å². The minimum absolute atomic E-state index is 0.00485. The SMILES string of the molecule is C[C@]12CC/C(=N\O[C@@H]3CCNC3)C[C@@H]1C1(CC1)C[C@@H]1[C@@H]2CC[C@]2(C)C(=O)CC[C@@H]12. The predicted octanol–water partition coefficient (Wildman–Crippen LogP) is 4.72. The van der Waals surface area contributed by atoms with Crippen molar-refractivity contribution in [1.29, 1.82) is 0 Å². The molecule has 0 aromatic rings. The molecule has 0 amide bonds. The van der Waals surface area contributed by atoms with Gasteiger partial charge in [-0.15, -0.1) is 0 Å². The Morgan fingerprint density at radius 1 is 1.03 bits per heavy atom. The Morgan fingerprint density at radius 2 is 1.90 bits per heavy atom. The van der Waals surface area contributed by atoms with Crippen LogP contribution in [-0.4, -0.2) is 30.7 Å². The monoisotopic (exact) mass is 398 g/mol. The van der Waals surface area contributed by atoms with Crippen molar-refractivity contribution in [2.24, 2.45) is 45.1 Å². The first-order chi connectivity index (χ1) is 13.9. The van der Waals surface area contributed by atoms with Gasteiger partial charge < -0.3 is 10.2 Å². The summed E-state index contributed by atoms with van der Waals surface area (Å²) < 4.78 is 0. The number of nitrogens with one attached hydrogen (secondary N) is 1. The highest BCUT2D eigenvalue weighted by Crippen LogP contribution is 2.75. The van der Waals surface area contributed by atoms with Crippen LogP contribution in [0.4, 0.5) is 0 Å². The Hall–Kier alpha value is -0.900. The quantitative estimate of drug-likeness (QED) is 0.685. The molecule has 5 aliphatic carbocycles. The van der Waals surface area contributed by atoms with E-state index in [0.29, 0.717) is 22.5 Å². The van der Waals surface area contributed by atoms with Crippen molar-refractivity contribution in [2.75, 3.05) is 13.1 Å². The molecule has 7 atom stereocenters. The molecule has 1 spiro atoms. The van der Waals surface area contributed by atoms with Crippen LogP contribution in [0.2, 0.25) is 0 Å². The van der Waals surface area contributed by atoms with E-state index in [1.165, 1.54) is 50.7 Å². The molecule has 6 fully saturated rings. The molecule has 1 saturated heterocycles. The molecule has 1 N–H and O–H groups in total. The van der Waals surface area contributed by atoms with E-state index in [1.807, 2.05) is 0 Å². The van der Waals surface area contributed by atoms with Gasteiger partial charge in [-0.3, -0.25) is 4.79 Å². The third kappa shape index (κ3) is 2.66. The van der Waals surface area contributed by atoms with Gasteiger partial charge >= 0.3 is 0 Å². The smallest absolute Gasteiger partial charge is 0.141 e. The van der Waals surface area contributed by atoms with Gasteiger partial charge in [-0.2, -0.15) is 0 Å². The van der Waals surface area contributed by atoms with Crippen molar-refractivity contribution in [3.05, 3.63) is 0 Å². The molecule has 0 aromatic carbocycles. The average molecular weight is 399 g/mol. The van der Waals surface area contributed by atoms with Crippen LogP contribution in [-0.2, 0) is 9.63 Å². The number of ketones is 1. The zero-order valence-corrected chi connectivity index (χ0v) is 18.3. The van der Waals surface area contributed by atoms with Crippen LogP contribution in [0, 0.1) is 39.9 Å². The van der Waals surface area contributed by atoms with Crippen molar-refractivity contribution >= 4 is 11.5 Å². The van der Waals surface area contributed by atoms with Gasteiger partial charge in [0.2, 0.25) is 0 Å². The third-order valence-corrected chi connectivity index (χ3v) is 10.8. The van der Waals surface area contributed by atoms with Gasteiger partial charge in [-0.25, -0.2) is 0 Å². The van der Waals surface area contributed by atoms with Crippen molar-refractivity contribution in [1.82, 2.24) is 5.32 Å². The maximum absolute atomic E-state index is 12.7. The summed E-state index contributed by atoms with van der Waals surface area (Å²) in [6.07, 6.45) is 13.6. The fraction of sp³-hybridized carbons (Fsp3) is 0.920. The largest absolute Gasteiger partial charge is 0.391 e. The second-order valence-corrected chi connectivity index (χ2v) is 12.0. The number of nitrogens with zero attached hydrogens (tertiary/aromatic N) is 1. The summed E-state index contributed by atoms with van der Waals surface area (Å²) in [6.45, 7) is 6.96. The zero-order chi connectivity index (χ0) is 19.9. The second kappa shape index (κ2) is 6.31. The maximum atomic E-state index is 12.7. The molecule has 160 valence electrons. The van der Waals surface area contributed by atoms with Crippen molar-refractivity contribution in [2.45, 2.75) is 90.6 Å². The van der Waals surface area contributed by atoms with Gasteiger partial charge in [0.25, 0.3) is 0 Å². The van der Waals surface area contributed by atoms with E-state index >= 15 is 0 Å². The number of rotatable bonds is 2. The Morgan fingerprint density at radius 3 is 2.66 bits per heavy atom. The highest BCUT2D eigenvalue weighted by molar-refractivity contribution is 5.87. The number of fused-ring (bicyclic) bond motifs is 6. The molecular formula is C25H38N2O2. The number of hydrogen-bond donors (Lipinski definition) is 1. The molecule has 0 aromatic heterocycles. The van der Waals surface area contributed by atoms with Gasteiger partial charge in [0, 0.05) is 24.8 Å². The second-order valence-electron chi connectivity index (χ2n) is 12.0. The van der Waals surface area contributed by atoms with E-state index in [2.05, 4.69) is 19.2 Å². The number of Topliss-reactive ketones (excluding diaryl/α,β-unsaturated/α-hetero) is 1. The molecule has 4 nitrogen and oxygen atoms in total. The Balaban J connectivity index is 1.26. The molecule has 4 heteroatoms. The van der Waals surface area contributed by atoms with Crippen LogP contribution in [0.5, 0.6) is 0 Å². The third-order valence-electron chi connectivity index (χ3n) is 10.8. The molecule has 6 aliphatic rings. The Bertz CT molecular complexity index is 737. The first-order valence-electron chi connectivity index (χ1n) is 12.4. The Kier molecular flexibility index (Phi) is 4.10. The molecule has 0 unspecified atom stereocenters. The molecular weight excluding hydrogens is 360 g/mol. The molecule has 29 heavy (non-hydrogen) atoms. The van der Waals surface area contributed by atoms with E-state index in [9.17, 15) is 4.79 Å². The number of oxime groups is 1. The van der Waals surface area contributed by atoms with Crippen molar-refractivity contribution < 1.29 is 9.63 Å². The number of carbonyl (C=O) groups is 1. The van der Waals surface area contributed by atoms with Crippen LogP contribution >= 0.6 is 0 Å². The van der Waals surface area contributed by atoms with Crippen molar-refractivity contribution in [3.8, 4) is 0 Å². The highest BCUT2D eigenvalue weighted by atomic mass is 16.6. The van der Waals surface area contributed by atoms with Gasteiger partial charge in [0.1, 0.15) is 11.9 Å². The standard InChI is InChI=1S/C25H38N2O2/c1-23-8-5-16(27-29-17-7-12-26-15-17)13-21(23)25(10-11-25)14-18-19-3-4-22(28)24(19,2)9-6-20(18)23/h17-21,26H,3-15H2,1-2H3/b27-16+/t17-,18+,19+,20+,21+,23-,24+/m1/s1. The van der Waals surface area contributed by atoms with Crippen LogP contribution in [0.25, 0.3) is 0 Å². The molecule has 1 heterocycles. The zero-order valence-electron chi connectivity index (χ0n) is 18.3. The maximum Gasteiger partial charge on any atom is 0.141 e. The van der Waals surface area contributed by atoms with Crippen LogP contribution in [0.15, 0.2) is 5.16 Å². The topological polar surface area (TPSA) is 50.7 Å². The first-order valence-corrected chi connectivity index (χ1v) is 12.4. The van der Waals surface area contributed by atoms with E-state index in [4.69, 9.17) is 9.99 Å². The predicted molar refractivity (Wildman–Crippen MR) is 114 cm³/mol. The molecule has 0 radical (unpaired) electrons. The lowest BCUT2D eigenvalue weighted by Crippen LogP contribution is -2.57. The summed E-state index contributed by atoms with van der Waals surface area (Å²) in [4.78, 5) is 18.7. The molecule has 0 bridgehead atoms. The van der Waals surface area contributed by atoms with Gasteiger partial charge in [-0.1, -0.05) is 19.0 Å². The summed E-state index contributed by atoms with van der Waals surface area (Å²) in [6, 6.07) is 0. The summed E-state index contributed by atoms with van der Waals surface area (Å²) >= 11 is 0. The van der Waals surface area contributed by atoms with Crippen LogP contribution < -0.4 is 5.32 Å². The van der Waals surface area contributed by atoms with E-state index < -0.39 is 0 Å². The number of carbonyl (C=O) groups excluding carboxylic acids is 1. The van der Waals surface area contributed by atoms with Crippen LogP contribution in [0.1, 0.15) is 84.5 Å². The van der Waals surface area contributed by atoms with Crippen molar-refractivity contribution in [3.63, 3.8) is 0 Å². The fourth-order valence-electron chi connectivity index (χ4n) is 8.96. The lowest BCUT2D eigenvalue weighted by Gasteiger charge is -2.62. The minimum Gasteiger partial charge on any atom is -0.391 e. The van der Waals surface area contributed by atoms with Gasteiger partial charge in [0.15, 0.2) is 0 Å². The summed E-state index contributed by atoms with van der Waals surface area (Å²) in [5, 5.41) is 8.06. The summed E-state index contributed by atoms with van der Waals surface area (Å²) in [5.41, 5.74) is 2.34.